The largest absolute Gasteiger partial charge is 0.444 e. The minimum absolute atomic E-state index is 0.0899. The second-order valence-corrected chi connectivity index (χ2v) is 7.40. The molecular weight excluding hydrogens is 430 g/mol. The average molecular weight is 446 g/mol. The van der Waals surface area contributed by atoms with Crippen molar-refractivity contribution in [3.05, 3.63) is 94.6 Å². The molecular formula is C24H16F2N4O3. The maximum Gasteiger partial charge on any atom is 0.414 e. The van der Waals surface area contributed by atoms with E-state index in [0.717, 1.165) is 17.7 Å². The van der Waals surface area contributed by atoms with E-state index in [1.165, 1.54) is 0 Å². The van der Waals surface area contributed by atoms with Crippen molar-refractivity contribution in [3.63, 3.8) is 0 Å². The summed E-state index contributed by atoms with van der Waals surface area (Å²) < 4.78 is 32.7. The molecule has 164 valence electrons. The van der Waals surface area contributed by atoms with Crippen molar-refractivity contribution in [3.8, 4) is 0 Å². The van der Waals surface area contributed by atoms with E-state index in [0.29, 0.717) is 22.3 Å². The van der Waals surface area contributed by atoms with E-state index in [9.17, 15) is 18.4 Å². The highest BCUT2D eigenvalue weighted by molar-refractivity contribution is 6.22. The minimum atomic E-state index is -1.08. The van der Waals surface area contributed by atoms with Crippen molar-refractivity contribution in [2.45, 2.75) is 6.61 Å². The summed E-state index contributed by atoms with van der Waals surface area (Å²) in [6, 6.07) is 16.3. The van der Waals surface area contributed by atoms with Crippen molar-refractivity contribution in [1.82, 2.24) is 9.97 Å². The van der Waals surface area contributed by atoms with Crippen LogP contribution in [-0.2, 0) is 11.3 Å². The third-order valence-corrected chi connectivity index (χ3v) is 5.19. The molecule has 0 saturated heterocycles. The minimum Gasteiger partial charge on any atom is -0.444 e. The summed E-state index contributed by atoms with van der Waals surface area (Å²) in [6.45, 7) is -0.0410. The number of aromatic amines is 1. The molecule has 0 saturated carbocycles. The van der Waals surface area contributed by atoms with E-state index in [1.807, 2.05) is 30.3 Å². The molecule has 1 aromatic heterocycles. The van der Waals surface area contributed by atoms with E-state index < -0.39 is 17.7 Å². The number of nitrogens with one attached hydrogen (secondary N) is 2. The first-order valence-corrected chi connectivity index (χ1v) is 10.0. The van der Waals surface area contributed by atoms with E-state index in [4.69, 9.17) is 4.74 Å². The molecule has 0 unspecified atom stereocenters. The number of Topliss-reactive ketones (excluding diaryl/α,β-unsaturated/α-hetero) is 1. The van der Waals surface area contributed by atoms with Crippen LogP contribution in [-0.4, -0.2) is 34.1 Å². The number of amides is 1. The van der Waals surface area contributed by atoms with Gasteiger partial charge in [-0.1, -0.05) is 36.4 Å². The summed E-state index contributed by atoms with van der Waals surface area (Å²) in [5.74, 6) is -2.33. The number of imidazole rings is 1. The second-order valence-electron chi connectivity index (χ2n) is 7.40. The van der Waals surface area contributed by atoms with Crippen LogP contribution in [0.25, 0.3) is 11.0 Å². The zero-order chi connectivity index (χ0) is 22.9. The van der Waals surface area contributed by atoms with Gasteiger partial charge in [0.15, 0.2) is 17.4 Å². The number of benzene rings is 3. The number of nitrogens with zero attached hydrogens (tertiary/aromatic N) is 2. The van der Waals surface area contributed by atoms with E-state index in [-0.39, 0.29) is 36.0 Å². The van der Waals surface area contributed by atoms with E-state index in [2.05, 4.69) is 20.3 Å². The number of ketones is 1. The van der Waals surface area contributed by atoms with Crippen LogP contribution in [0.15, 0.2) is 65.7 Å². The van der Waals surface area contributed by atoms with Gasteiger partial charge in [0.05, 0.1) is 16.7 Å². The first-order chi connectivity index (χ1) is 16.0. The number of carbonyl (C=O) groups is 2. The molecule has 0 aliphatic carbocycles. The van der Waals surface area contributed by atoms with Gasteiger partial charge in [-0.2, -0.15) is 0 Å². The molecule has 9 heteroatoms. The monoisotopic (exact) mass is 446 g/mol. The molecule has 4 aromatic rings. The Kier molecular flexibility index (Phi) is 5.14. The molecule has 2 N–H and O–H groups in total. The van der Waals surface area contributed by atoms with Crippen LogP contribution in [0.5, 0.6) is 0 Å². The number of H-pyrrole nitrogens is 1. The summed E-state index contributed by atoms with van der Waals surface area (Å²) in [6.07, 6.45) is -0.667. The molecule has 0 radical (unpaired) electrons. The number of aromatic nitrogens is 2. The van der Waals surface area contributed by atoms with Gasteiger partial charge in [0.2, 0.25) is 5.95 Å². The number of ether oxygens (including phenoxy) is 1. The highest BCUT2D eigenvalue weighted by Gasteiger charge is 2.24. The first kappa shape index (κ1) is 20.5. The molecule has 0 fully saturated rings. The Hall–Kier alpha value is -4.40. The topological polar surface area (TPSA) is 96.4 Å². The van der Waals surface area contributed by atoms with Crippen molar-refractivity contribution < 1.29 is 23.1 Å². The van der Waals surface area contributed by atoms with Gasteiger partial charge in [-0.15, -0.1) is 0 Å². The van der Waals surface area contributed by atoms with Gasteiger partial charge in [-0.05, 0) is 29.8 Å². The Morgan fingerprint density at radius 1 is 1.03 bits per heavy atom. The van der Waals surface area contributed by atoms with Crippen LogP contribution in [0.4, 0.5) is 19.5 Å². The predicted octanol–water partition coefficient (Wildman–Crippen LogP) is 4.62. The van der Waals surface area contributed by atoms with Gasteiger partial charge in [0, 0.05) is 16.7 Å². The fourth-order valence-electron chi connectivity index (χ4n) is 3.61. The van der Waals surface area contributed by atoms with Crippen LogP contribution in [0.1, 0.15) is 27.0 Å². The fourth-order valence-corrected chi connectivity index (χ4v) is 3.61. The molecule has 7 nitrogen and oxygen atoms in total. The lowest BCUT2D eigenvalue weighted by atomic mass is 9.92. The van der Waals surface area contributed by atoms with Crippen LogP contribution >= 0.6 is 0 Å². The van der Waals surface area contributed by atoms with Gasteiger partial charge in [0.1, 0.15) is 13.2 Å². The first-order valence-electron chi connectivity index (χ1n) is 10.0. The number of carbonyl (C=O) groups excluding carboxylic acids is 2. The number of halogens is 2. The summed E-state index contributed by atoms with van der Waals surface area (Å²) in [5, 5.41) is 2.54. The number of fused-ring (bicyclic) bond motifs is 2. The molecule has 3 aromatic carbocycles. The normalized spacial score (nSPS) is 12.9. The Bertz CT molecular complexity index is 1430. The van der Waals surface area contributed by atoms with Crippen molar-refractivity contribution >= 4 is 34.6 Å². The quantitative estimate of drug-likeness (QED) is 0.478. The summed E-state index contributed by atoms with van der Waals surface area (Å²) in [4.78, 5) is 35.8. The van der Waals surface area contributed by atoms with Crippen molar-refractivity contribution in [2.75, 3.05) is 11.9 Å². The van der Waals surface area contributed by atoms with Crippen LogP contribution < -0.4 is 5.32 Å². The zero-order valence-electron chi connectivity index (χ0n) is 17.1. The standard InChI is InChI=1S/C24H16F2N4O3/c25-17-9-15-16(10-18(17)26)22(27-11-21(15)31)14-6-7-19-20(8-14)29-23(28-19)30-24(32)33-12-13-4-2-1-3-5-13/h1-10H,11-12H2,(H2,28,29,30,32). The molecule has 1 aliphatic heterocycles. The van der Waals surface area contributed by atoms with Gasteiger partial charge in [-0.3, -0.25) is 15.1 Å². The molecule has 1 amide bonds. The lowest BCUT2D eigenvalue weighted by molar-refractivity contribution is 0.0999. The molecule has 0 bridgehead atoms. The third-order valence-electron chi connectivity index (χ3n) is 5.19. The molecule has 5 rings (SSSR count). The molecule has 1 aliphatic rings. The van der Waals surface area contributed by atoms with Crippen LogP contribution in [0, 0.1) is 11.6 Å². The van der Waals surface area contributed by atoms with Gasteiger partial charge in [-0.25, -0.2) is 18.6 Å². The summed E-state index contributed by atoms with van der Waals surface area (Å²) in [7, 11) is 0. The smallest absolute Gasteiger partial charge is 0.414 e. The molecule has 33 heavy (non-hydrogen) atoms. The van der Waals surface area contributed by atoms with Gasteiger partial charge < -0.3 is 9.72 Å². The Morgan fingerprint density at radius 2 is 1.79 bits per heavy atom. The molecule has 2 heterocycles. The van der Waals surface area contributed by atoms with Gasteiger partial charge >= 0.3 is 6.09 Å². The summed E-state index contributed by atoms with van der Waals surface area (Å²) in [5.41, 5.74) is 3.27. The van der Waals surface area contributed by atoms with E-state index in [1.54, 1.807) is 18.2 Å². The van der Waals surface area contributed by atoms with Gasteiger partial charge in [0.25, 0.3) is 0 Å². The number of anilines is 1. The SMILES string of the molecule is O=C(Nc1nc2ccc(C3=NCC(=O)c4cc(F)c(F)cc43)cc2[nH]1)OCc1ccccc1. The maximum atomic E-state index is 13.9. The van der Waals surface area contributed by atoms with Crippen molar-refractivity contribution in [2.24, 2.45) is 4.99 Å². The average Bonchev–Trinajstić information content (AvgIpc) is 3.21. The summed E-state index contributed by atoms with van der Waals surface area (Å²) >= 11 is 0. The predicted molar refractivity (Wildman–Crippen MR) is 118 cm³/mol. The Balaban J connectivity index is 1.37. The second kappa shape index (κ2) is 8.27. The van der Waals surface area contributed by atoms with Crippen molar-refractivity contribution in [1.29, 1.82) is 0 Å². The molecule has 0 atom stereocenters. The van der Waals surface area contributed by atoms with Crippen LogP contribution in [0.3, 0.4) is 0 Å². The number of rotatable bonds is 4. The molecule has 0 spiro atoms. The fraction of sp³-hybridized carbons (Fsp3) is 0.0833. The maximum absolute atomic E-state index is 13.9. The number of aliphatic imine (C=N–C) groups is 1. The Morgan fingerprint density at radius 3 is 2.58 bits per heavy atom. The highest BCUT2D eigenvalue weighted by atomic mass is 19.2. The lowest BCUT2D eigenvalue weighted by Gasteiger charge is -2.16. The third kappa shape index (κ3) is 4.08. The number of hydrogen-bond acceptors (Lipinski definition) is 5. The Labute approximate surface area is 186 Å². The lowest BCUT2D eigenvalue weighted by Crippen LogP contribution is -2.20. The number of hydrogen-bond donors (Lipinski definition) is 2. The highest BCUT2D eigenvalue weighted by Crippen LogP contribution is 2.25. The van der Waals surface area contributed by atoms with E-state index >= 15 is 0 Å². The zero-order valence-corrected chi connectivity index (χ0v) is 17.1. The van der Waals surface area contributed by atoms with Crippen LogP contribution in [0.2, 0.25) is 0 Å².